The standard InChI is InChI=1S/C23H19N5O/c1-27-21-6-4-3-5-19(21)26-23(27)14-24-16-7-12-22-20(13-16)25-15-28(22)17-8-10-18(29-2)11-9-17/h3-15H,1-2H3. The lowest BCUT2D eigenvalue weighted by Gasteiger charge is -2.06. The first-order valence-corrected chi connectivity index (χ1v) is 9.30. The van der Waals surface area contributed by atoms with Gasteiger partial charge in [0.05, 0.1) is 41.1 Å². The summed E-state index contributed by atoms with van der Waals surface area (Å²) in [7, 11) is 3.66. The van der Waals surface area contributed by atoms with Gasteiger partial charge in [-0.2, -0.15) is 0 Å². The SMILES string of the molecule is COc1ccc(-n2cnc3cc(N=Cc4nc5ccccc5n4C)ccc32)cc1. The summed E-state index contributed by atoms with van der Waals surface area (Å²) < 4.78 is 9.32. The van der Waals surface area contributed by atoms with Crippen LogP contribution in [0.5, 0.6) is 5.75 Å². The molecule has 5 aromatic rings. The summed E-state index contributed by atoms with van der Waals surface area (Å²) in [6, 6.07) is 22.0. The molecular formula is C23H19N5O. The van der Waals surface area contributed by atoms with Crippen LogP contribution in [0.1, 0.15) is 5.82 Å². The molecule has 0 aliphatic heterocycles. The summed E-state index contributed by atoms with van der Waals surface area (Å²) >= 11 is 0. The third-order valence-corrected chi connectivity index (χ3v) is 5.03. The number of fused-ring (bicyclic) bond motifs is 2. The van der Waals surface area contributed by atoms with E-state index in [4.69, 9.17) is 4.74 Å². The molecule has 6 heteroatoms. The van der Waals surface area contributed by atoms with Gasteiger partial charge in [-0.1, -0.05) is 12.1 Å². The van der Waals surface area contributed by atoms with E-state index in [2.05, 4.69) is 21.0 Å². The van der Waals surface area contributed by atoms with E-state index in [-0.39, 0.29) is 0 Å². The van der Waals surface area contributed by atoms with Crippen LogP contribution in [0.25, 0.3) is 27.8 Å². The average Bonchev–Trinajstić information content (AvgIpc) is 3.33. The van der Waals surface area contributed by atoms with Crippen molar-refractivity contribution in [3.63, 3.8) is 0 Å². The van der Waals surface area contributed by atoms with Gasteiger partial charge < -0.3 is 9.30 Å². The molecule has 29 heavy (non-hydrogen) atoms. The number of aromatic nitrogens is 4. The number of rotatable bonds is 4. The van der Waals surface area contributed by atoms with Crippen molar-refractivity contribution >= 4 is 34.0 Å². The second-order valence-electron chi connectivity index (χ2n) is 6.76. The van der Waals surface area contributed by atoms with Crippen LogP contribution in [0.15, 0.2) is 78.0 Å². The quantitative estimate of drug-likeness (QED) is 0.425. The molecule has 0 aliphatic carbocycles. The lowest BCUT2D eigenvalue weighted by atomic mass is 10.2. The Morgan fingerprint density at radius 3 is 2.55 bits per heavy atom. The molecule has 0 N–H and O–H groups in total. The first kappa shape index (κ1) is 17.2. The molecule has 0 fully saturated rings. The average molecular weight is 381 g/mol. The topological polar surface area (TPSA) is 57.2 Å². The molecule has 0 aliphatic rings. The van der Waals surface area contributed by atoms with E-state index in [0.29, 0.717) is 0 Å². The smallest absolute Gasteiger partial charge is 0.152 e. The summed E-state index contributed by atoms with van der Waals surface area (Å²) in [5.74, 6) is 1.65. The Hall–Kier alpha value is -3.93. The van der Waals surface area contributed by atoms with Gasteiger partial charge in [0.25, 0.3) is 0 Å². The molecule has 2 aromatic heterocycles. The van der Waals surface area contributed by atoms with Crippen LogP contribution in [0.4, 0.5) is 5.69 Å². The lowest BCUT2D eigenvalue weighted by Crippen LogP contribution is -1.95. The van der Waals surface area contributed by atoms with Gasteiger partial charge in [0.1, 0.15) is 12.1 Å². The molecule has 2 heterocycles. The molecule has 0 bridgehead atoms. The summed E-state index contributed by atoms with van der Waals surface area (Å²) in [5.41, 5.74) is 5.83. The van der Waals surface area contributed by atoms with Gasteiger partial charge in [0.2, 0.25) is 0 Å². The second-order valence-corrected chi connectivity index (χ2v) is 6.76. The van der Waals surface area contributed by atoms with Crippen molar-refractivity contribution in [2.45, 2.75) is 0 Å². The first-order valence-electron chi connectivity index (χ1n) is 9.30. The van der Waals surface area contributed by atoms with Gasteiger partial charge in [-0.15, -0.1) is 0 Å². The van der Waals surface area contributed by atoms with E-state index in [0.717, 1.165) is 45.0 Å². The molecule has 0 spiro atoms. The van der Waals surface area contributed by atoms with Crippen molar-refractivity contribution in [1.29, 1.82) is 0 Å². The first-order chi connectivity index (χ1) is 14.2. The van der Waals surface area contributed by atoms with Crippen molar-refractivity contribution in [1.82, 2.24) is 19.1 Å². The fourth-order valence-corrected chi connectivity index (χ4v) is 3.44. The highest BCUT2D eigenvalue weighted by Gasteiger charge is 2.07. The summed E-state index contributed by atoms with van der Waals surface area (Å²) in [6.07, 6.45) is 3.62. The van der Waals surface area contributed by atoms with Gasteiger partial charge in [-0.3, -0.25) is 9.56 Å². The van der Waals surface area contributed by atoms with E-state index in [9.17, 15) is 0 Å². The van der Waals surface area contributed by atoms with Crippen LogP contribution in [-0.2, 0) is 7.05 Å². The monoisotopic (exact) mass is 381 g/mol. The minimum Gasteiger partial charge on any atom is -0.497 e. The number of para-hydroxylation sites is 2. The number of imidazole rings is 2. The fourth-order valence-electron chi connectivity index (χ4n) is 3.44. The molecule has 0 amide bonds. The van der Waals surface area contributed by atoms with Gasteiger partial charge in [0.15, 0.2) is 5.82 Å². The van der Waals surface area contributed by atoms with E-state index >= 15 is 0 Å². The Morgan fingerprint density at radius 1 is 0.931 bits per heavy atom. The fraction of sp³-hybridized carbons (Fsp3) is 0.0870. The predicted molar refractivity (Wildman–Crippen MR) is 116 cm³/mol. The van der Waals surface area contributed by atoms with Crippen molar-refractivity contribution in [3.05, 3.63) is 78.9 Å². The molecule has 142 valence electrons. The molecule has 0 atom stereocenters. The zero-order valence-electron chi connectivity index (χ0n) is 16.1. The molecule has 5 rings (SSSR count). The van der Waals surface area contributed by atoms with E-state index in [1.807, 2.05) is 83.2 Å². The number of aryl methyl sites for hydroxylation is 1. The molecular weight excluding hydrogens is 362 g/mol. The zero-order chi connectivity index (χ0) is 19.8. The third kappa shape index (κ3) is 3.04. The van der Waals surface area contributed by atoms with Crippen molar-refractivity contribution < 1.29 is 4.74 Å². The number of methoxy groups -OCH3 is 1. The minimum atomic E-state index is 0.815. The van der Waals surface area contributed by atoms with Gasteiger partial charge in [-0.25, -0.2) is 9.97 Å². The molecule has 0 radical (unpaired) electrons. The normalized spacial score (nSPS) is 11.7. The van der Waals surface area contributed by atoms with Gasteiger partial charge in [-0.05, 0) is 54.6 Å². The van der Waals surface area contributed by atoms with Gasteiger partial charge in [0, 0.05) is 12.7 Å². The van der Waals surface area contributed by atoms with Crippen LogP contribution in [0.3, 0.4) is 0 Å². The second kappa shape index (κ2) is 6.91. The van der Waals surface area contributed by atoms with Crippen molar-refractivity contribution in [2.24, 2.45) is 12.0 Å². The number of hydrogen-bond acceptors (Lipinski definition) is 4. The Morgan fingerprint density at radius 2 is 1.76 bits per heavy atom. The van der Waals surface area contributed by atoms with Crippen LogP contribution in [0, 0.1) is 0 Å². The maximum atomic E-state index is 5.23. The number of hydrogen-bond donors (Lipinski definition) is 0. The van der Waals surface area contributed by atoms with Crippen LogP contribution >= 0.6 is 0 Å². The maximum Gasteiger partial charge on any atom is 0.152 e. The maximum absolute atomic E-state index is 5.23. The molecule has 3 aromatic carbocycles. The zero-order valence-corrected chi connectivity index (χ0v) is 16.1. The van der Waals surface area contributed by atoms with Crippen LogP contribution < -0.4 is 4.74 Å². The minimum absolute atomic E-state index is 0.815. The lowest BCUT2D eigenvalue weighted by molar-refractivity contribution is 0.415. The number of nitrogens with zero attached hydrogens (tertiary/aromatic N) is 5. The summed E-state index contributed by atoms with van der Waals surface area (Å²) in [4.78, 5) is 13.8. The summed E-state index contributed by atoms with van der Waals surface area (Å²) in [6.45, 7) is 0. The molecule has 0 saturated heterocycles. The Balaban J connectivity index is 1.47. The van der Waals surface area contributed by atoms with Crippen molar-refractivity contribution in [3.8, 4) is 11.4 Å². The highest BCUT2D eigenvalue weighted by Crippen LogP contribution is 2.24. The highest BCUT2D eigenvalue weighted by molar-refractivity contribution is 5.87. The Bertz CT molecular complexity index is 1350. The van der Waals surface area contributed by atoms with Crippen LogP contribution in [0.2, 0.25) is 0 Å². The Kier molecular flexibility index (Phi) is 4.09. The van der Waals surface area contributed by atoms with Crippen LogP contribution in [-0.4, -0.2) is 32.4 Å². The summed E-state index contributed by atoms with van der Waals surface area (Å²) in [5, 5.41) is 0. The largest absolute Gasteiger partial charge is 0.497 e. The Labute approximate surface area is 167 Å². The van der Waals surface area contributed by atoms with E-state index in [1.54, 1.807) is 13.3 Å². The molecule has 6 nitrogen and oxygen atoms in total. The molecule has 0 unspecified atom stereocenters. The van der Waals surface area contributed by atoms with E-state index < -0.39 is 0 Å². The molecule has 0 saturated carbocycles. The highest BCUT2D eigenvalue weighted by atomic mass is 16.5. The predicted octanol–water partition coefficient (Wildman–Crippen LogP) is 4.67. The number of ether oxygens (including phenoxy) is 1. The third-order valence-electron chi connectivity index (χ3n) is 5.03. The number of benzene rings is 3. The van der Waals surface area contributed by atoms with Gasteiger partial charge >= 0.3 is 0 Å². The van der Waals surface area contributed by atoms with E-state index in [1.165, 1.54) is 0 Å². The van der Waals surface area contributed by atoms with Crippen molar-refractivity contribution in [2.75, 3.05) is 7.11 Å². The number of aliphatic imine (C=N–C) groups is 1.